The molecule has 0 bridgehead atoms. The van der Waals surface area contributed by atoms with E-state index in [4.69, 9.17) is 9.84 Å². The molecular formula is C24H30N4O5. The summed E-state index contributed by atoms with van der Waals surface area (Å²) in [4.78, 5) is 43.1. The number of fused-ring (bicyclic) bond motifs is 3. The van der Waals surface area contributed by atoms with Crippen LogP contribution in [0.25, 0.3) is 21.8 Å². The molecule has 2 aromatic heterocycles. The number of pyridine rings is 1. The Labute approximate surface area is 191 Å². The molecule has 3 heterocycles. The zero-order valence-corrected chi connectivity index (χ0v) is 19.0. The molecule has 0 unspecified atom stereocenters. The molecule has 0 saturated carbocycles. The van der Waals surface area contributed by atoms with Gasteiger partial charge < -0.3 is 29.6 Å². The van der Waals surface area contributed by atoms with E-state index in [0.717, 1.165) is 23.7 Å². The third-order valence-corrected chi connectivity index (χ3v) is 6.36. The SMILES string of the molecule is CCCCn1c(=O)c2c(OC)c(C(=O)NC3CCN(C(=O)CO)CC3)[nH]c2c2ccccc21. The fourth-order valence-electron chi connectivity index (χ4n) is 4.59. The van der Waals surface area contributed by atoms with Gasteiger partial charge in [0.1, 0.15) is 17.7 Å². The third-order valence-electron chi connectivity index (χ3n) is 6.36. The number of aliphatic hydroxyl groups excluding tert-OH is 1. The van der Waals surface area contributed by atoms with Gasteiger partial charge in [-0.3, -0.25) is 14.4 Å². The number of benzene rings is 1. The van der Waals surface area contributed by atoms with Crippen molar-refractivity contribution in [3.8, 4) is 5.75 Å². The predicted molar refractivity (Wildman–Crippen MR) is 126 cm³/mol. The molecule has 33 heavy (non-hydrogen) atoms. The van der Waals surface area contributed by atoms with Crippen LogP contribution in [0.5, 0.6) is 5.75 Å². The van der Waals surface area contributed by atoms with Crippen LogP contribution >= 0.6 is 0 Å². The average Bonchev–Trinajstić information content (AvgIpc) is 3.24. The number of carbonyl (C=O) groups is 2. The van der Waals surface area contributed by atoms with E-state index < -0.39 is 6.61 Å². The molecular weight excluding hydrogens is 424 g/mol. The lowest BCUT2D eigenvalue weighted by Crippen LogP contribution is -2.47. The number of H-pyrrole nitrogens is 1. The Balaban J connectivity index is 1.70. The van der Waals surface area contributed by atoms with Crippen molar-refractivity contribution in [2.75, 3.05) is 26.8 Å². The van der Waals surface area contributed by atoms with Gasteiger partial charge in [0.05, 0.1) is 18.1 Å². The molecule has 0 radical (unpaired) electrons. The van der Waals surface area contributed by atoms with Crippen LogP contribution in [0.15, 0.2) is 29.1 Å². The Morgan fingerprint density at radius 3 is 2.64 bits per heavy atom. The van der Waals surface area contributed by atoms with Crippen molar-refractivity contribution in [3.63, 3.8) is 0 Å². The molecule has 9 heteroatoms. The van der Waals surface area contributed by atoms with E-state index in [2.05, 4.69) is 17.2 Å². The molecule has 1 fully saturated rings. The minimum absolute atomic E-state index is 0.116. The molecule has 2 amide bonds. The summed E-state index contributed by atoms with van der Waals surface area (Å²) in [6.07, 6.45) is 3.01. The summed E-state index contributed by atoms with van der Waals surface area (Å²) in [5, 5.41) is 13.3. The first kappa shape index (κ1) is 22.8. The van der Waals surface area contributed by atoms with Gasteiger partial charge in [0, 0.05) is 31.1 Å². The summed E-state index contributed by atoms with van der Waals surface area (Å²) in [6.45, 7) is 3.11. The highest BCUT2D eigenvalue weighted by molar-refractivity contribution is 6.11. The Hall–Kier alpha value is -3.33. The molecule has 3 aromatic rings. The monoisotopic (exact) mass is 454 g/mol. The van der Waals surface area contributed by atoms with Crippen LogP contribution in [-0.2, 0) is 11.3 Å². The highest BCUT2D eigenvalue weighted by Gasteiger charge is 2.28. The first-order valence-electron chi connectivity index (χ1n) is 11.4. The number of nitrogens with zero attached hydrogens (tertiary/aromatic N) is 2. The number of aliphatic hydroxyl groups is 1. The summed E-state index contributed by atoms with van der Waals surface area (Å²) in [7, 11) is 1.46. The number of unbranched alkanes of at least 4 members (excludes halogenated alkanes) is 1. The van der Waals surface area contributed by atoms with E-state index in [0.29, 0.717) is 43.4 Å². The highest BCUT2D eigenvalue weighted by atomic mass is 16.5. The fourth-order valence-corrected chi connectivity index (χ4v) is 4.59. The smallest absolute Gasteiger partial charge is 0.271 e. The summed E-state index contributed by atoms with van der Waals surface area (Å²) in [6, 6.07) is 7.54. The van der Waals surface area contributed by atoms with E-state index in [1.165, 1.54) is 7.11 Å². The quantitative estimate of drug-likeness (QED) is 0.505. The fraction of sp³-hybridized carbons (Fsp3) is 0.458. The maximum Gasteiger partial charge on any atom is 0.271 e. The lowest BCUT2D eigenvalue weighted by atomic mass is 10.0. The zero-order valence-electron chi connectivity index (χ0n) is 19.0. The van der Waals surface area contributed by atoms with Crippen molar-refractivity contribution in [2.24, 2.45) is 0 Å². The first-order valence-corrected chi connectivity index (χ1v) is 11.4. The number of ether oxygens (including phenoxy) is 1. The van der Waals surface area contributed by atoms with Crippen LogP contribution in [0.3, 0.4) is 0 Å². The van der Waals surface area contributed by atoms with Gasteiger partial charge in [-0.2, -0.15) is 0 Å². The molecule has 0 aliphatic carbocycles. The Morgan fingerprint density at radius 1 is 1.24 bits per heavy atom. The van der Waals surface area contributed by atoms with E-state index in [1.807, 2.05) is 24.3 Å². The lowest BCUT2D eigenvalue weighted by molar-refractivity contribution is -0.135. The second-order valence-electron chi connectivity index (χ2n) is 8.40. The standard InChI is InChI=1S/C24H30N4O5/c1-3-4-11-28-17-8-6-5-7-16(17)20-19(24(28)32)22(33-2)21(26-20)23(31)25-15-9-12-27(13-10-15)18(30)14-29/h5-8,15,26,29H,3-4,9-14H2,1-2H3,(H,25,31). The number of hydrogen-bond acceptors (Lipinski definition) is 5. The van der Waals surface area contributed by atoms with Crippen LogP contribution in [0.1, 0.15) is 43.1 Å². The van der Waals surface area contributed by atoms with Crippen molar-refractivity contribution in [3.05, 3.63) is 40.3 Å². The maximum absolute atomic E-state index is 13.5. The number of likely N-dealkylation sites (tertiary alicyclic amines) is 1. The number of aromatic nitrogens is 2. The van der Waals surface area contributed by atoms with Crippen molar-refractivity contribution >= 4 is 33.6 Å². The summed E-state index contributed by atoms with van der Waals surface area (Å²) < 4.78 is 7.33. The van der Waals surface area contributed by atoms with Crippen molar-refractivity contribution in [1.82, 2.24) is 19.8 Å². The van der Waals surface area contributed by atoms with Crippen molar-refractivity contribution < 1.29 is 19.4 Å². The van der Waals surface area contributed by atoms with Gasteiger partial charge >= 0.3 is 0 Å². The second-order valence-corrected chi connectivity index (χ2v) is 8.40. The van der Waals surface area contributed by atoms with E-state index >= 15 is 0 Å². The van der Waals surface area contributed by atoms with Crippen LogP contribution in [-0.4, -0.2) is 64.2 Å². The van der Waals surface area contributed by atoms with E-state index in [1.54, 1.807) is 9.47 Å². The van der Waals surface area contributed by atoms with Crippen molar-refractivity contribution in [2.45, 2.75) is 45.2 Å². The number of amides is 2. The molecule has 3 N–H and O–H groups in total. The molecule has 1 aromatic carbocycles. The molecule has 0 atom stereocenters. The summed E-state index contributed by atoms with van der Waals surface area (Å²) in [5.41, 5.74) is 1.45. The number of aromatic amines is 1. The Bertz CT molecular complexity index is 1240. The van der Waals surface area contributed by atoms with E-state index in [-0.39, 0.29) is 34.9 Å². The molecule has 4 rings (SSSR count). The Morgan fingerprint density at radius 2 is 1.97 bits per heavy atom. The number of nitrogens with one attached hydrogen (secondary N) is 2. The van der Waals surface area contributed by atoms with Crippen LogP contribution in [0, 0.1) is 0 Å². The summed E-state index contributed by atoms with van der Waals surface area (Å²) >= 11 is 0. The van der Waals surface area contributed by atoms with Gasteiger partial charge in [0.2, 0.25) is 5.91 Å². The molecule has 1 aliphatic heterocycles. The number of carbonyl (C=O) groups excluding carboxylic acids is 2. The van der Waals surface area contributed by atoms with Gasteiger partial charge in [-0.15, -0.1) is 0 Å². The summed E-state index contributed by atoms with van der Waals surface area (Å²) in [5.74, 6) is -0.404. The molecule has 1 aliphatic rings. The number of aryl methyl sites for hydroxylation is 1. The molecule has 176 valence electrons. The number of hydrogen-bond donors (Lipinski definition) is 3. The van der Waals surface area contributed by atoms with Gasteiger partial charge in [-0.25, -0.2) is 0 Å². The van der Waals surface area contributed by atoms with Gasteiger partial charge in [0.15, 0.2) is 5.75 Å². The van der Waals surface area contributed by atoms with E-state index in [9.17, 15) is 14.4 Å². The minimum atomic E-state index is -0.507. The van der Waals surface area contributed by atoms with Gasteiger partial charge in [-0.05, 0) is 25.3 Å². The van der Waals surface area contributed by atoms with Gasteiger partial charge in [0.25, 0.3) is 11.5 Å². The third kappa shape index (κ3) is 4.20. The minimum Gasteiger partial charge on any atom is -0.493 e. The molecule has 0 spiro atoms. The predicted octanol–water partition coefficient (Wildman–Crippen LogP) is 2.00. The maximum atomic E-state index is 13.5. The number of piperidine rings is 1. The Kier molecular flexibility index (Phi) is 6.69. The topological polar surface area (TPSA) is 117 Å². The van der Waals surface area contributed by atoms with Crippen LogP contribution < -0.4 is 15.6 Å². The van der Waals surface area contributed by atoms with Crippen molar-refractivity contribution in [1.29, 1.82) is 0 Å². The number of methoxy groups -OCH3 is 1. The second kappa shape index (κ2) is 9.66. The lowest BCUT2D eigenvalue weighted by Gasteiger charge is -2.32. The average molecular weight is 455 g/mol. The first-order chi connectivity index (χ1) is 16.0. The highest BCUT2D eigenvalue weighted by Crippen LogP contribution is 2.32. The van der Waals surface area contributed by atoms with Gasteiger partial charge in [-0.1, -0.05) is 31.5 Å². The molecule has 9 nitrogen and oxygen atoms in total. The normalized spacial score (nSPS) is 14.7. The molecule has 1 saturated heterocycles. The zero-order chi connectivity index (χ0) is 23.5. The number of para-hydroxylation sites is 1. The van der Waals surface area contributed by atoms with Crippen LogP contribution in [0.2, 0.25) is 0 Å². The van der Waals surface area contributed by atoms with Crippen LogP contribution in [0.4, 0.5) is 0 Å². The number of rotatable bonds is 7. The largest absolute Gasteiger partial charge is 0.493 e.